The summed E-state index contributed by atoms with van der Waals surface area (Å²) in [6, 6.07) is 2.81. The number of aliphatic carboxylic acids is 1. The second-order valence-corrected chi connectivity index (χ2v) is 2.67. The summed E-state index contributed by atoms with van der Waals surface area (Å²) in [5.41, 5.74) is -0.806. The van der Waals surface area contributed by atoms with Crippen molar-refractivity contribution in [1.29, 1.82) is 0 Å². The molecule has 0 atom stereocenters. The van der Waals surface area contributed by atoms with Crippen LogP contribution in [0, 0.1) is 0 Å². The molecule has 0 aromatic heterocycles. The minimum Gasteiger partial charge on any atom is -0.507 e. The smallest absolute Gasteiger partial charge is 0.377 e. The molecule has 0 bridgehead atoms. The van der Waals surface area contributed by atoms with E-state index in [4.69, 9.17) is 15.3 Å². The summed E-state index contributed by atoms with van der Waals surface area (Å²) in [6.45, 7) is 0. The highest BCUT2D eigenvalue weighted by molar-refractivity contribution is 6.40. The molecule has 1 aromatic rings. The van der Waals surface area contributed by atoms with Crippen molar-refractivity contribution >= 4 is 17.7 Å². The topological polar surface area (TPSA) is 112 Å². The molecule has 0 fully saturated rings. The molecule has 0 spiro atoms. The monoisotopic (exact) mass is 210 g/mol. The third-order valence-electron chi connectivity index (χ3n) is 1.68. The third kappa shape index (κ3) is 2.11. The Labute approximate surface area is 83.4 Å². The van der Waals surface area contributed by atoms with Crippen LogP contribution in [0.3, 0.4) is 0 Å². The Morgan fingerprint density at radius 2 is 1.67 bits per heavy atom. The lowest BCUT2D eigenvalue weighted by Crippen LogP contribution is -2.13. The van der Waals surface area contributed by atoms with E-state index in [0.717, 1.165) is 18.2 Å². The van der Waals surface area contributed by atoms with Gasteiger partial charge in [0.05, 0.1) is 0 Å². The van der Waals surface area contributed by atoms with Gasteiger partial charge in [0.2, 0.25) is 0 Å². The van der Waals surface area contributed by atoms with E-state index in [1.54, 1.807) is 0 Å². The molecule has 15 heavy (non-hydrogen) atoms. The van der Waals surface area contributed by atoms with Gasteiger partial charge in [0.25, 0.3) is 5.78 Å². The summed E-state index contributed by atoms with van der Waals surface area (Å²) < 4.78 is 0. The van der Waals surface area contributed by atoms with E-state index in [0.29, 0.717) is 0 Å². The molecule has 3 N–H and O–H groups in total. The van der Waals surface area contributed by atoms with Crippen LogP contribution in [0.2, 0.25) is 0 Å². The third-order valence-corrected chi connectivity index (χ3v) is 1.68. The fraction of sp³-hybridized carbons (Fsp3) is 0. The van der Waals surface area contributed by atoms with Crippen molar-refractivity contribution in [3.63, 3.8) is 0 Å². The average Bonchev–Trinajstić information content (AvgIpc) is 2.16. The number of carbonyl (C=O) groups is 3. The number of hydrogen-bond donors (Lipinski definition) is 3. The second-order valence-electron chi connectivity index (χ2n) is 2.67. The standard InChI is InChI=1S/C9H6O6/c10-6-2-1-4(7(11)9(14)15)3-5(6)8(12)13/h1-3,10H,(H,12,13)(H,14,15). The average molecular weight is 210 g/mol. The van der Waals surface area contributed by atoms with E-state index < -0.39 is 29.0 Å². The van der Waals surface area contributed by atoms with Crippen molar-refractivity contribution in [2.75, 3.05) is 0 Å². The van der Waals surface area contributed by atoms with Crippen LogP contribution < -0.4 is 0 Å². The first kappa shape index (κ1) is 10.7. The molecule has 6 nitrogen and oxygen atoms in total. The van der Waals surface area contributed by atoms with Crippen molar-refractivity contribution in [2.24, 2.45) is 0 Å². The molecule has 0 unspecified atom stereocenters. The minimum absolute atomic E-state index is 0.294. The van der Waals surface area contributed by atoms with Gasteiger partial charge in [0.1, 0.15) is 11.3 Å². The van der Waals surface area contributed by atoms with Gasteiger partial charge in [0.15, 0.2) is 0 Å². The number of carboxylic acid groups (broad SMARTS) is 2. The summed E-state index contributed by atoms with van der Waals surface area (Å²) in [7, 11) is 0. The molecule has 0 radical (unpaired) electrons. The number of Topliss-reactive ketones (excluding diaryl/α,β-unsaturated/α-hetero) is 1. The van der Waals surface area contributed by atoms with Crippen LogP contribution in [-0.4, -0.2) is 33.0 Å². The first-order chi connectivity index (χ1) is 6.93. The van der Waals surface area contributed by atoms with Gasteiger partial charge in [-0.05, 0) is 18.2 Å². The quantitative estimate of drug-likeness (QED) is 0.490. The molecular formula is C9H6O6. The molecule has 78 valence electrons. The largest absolute Gasteiger partial charge is 0.507 e. The predicted molar refractivity (Wildman–Crippen MR) is 47.0 cm³/mol. The second kappa shape index (κ2) is 3.79. The van der Waals surface area contributed by atoms with Gasteiger partial charge in [-0.3, -0.25) is 4.79 Å². The van der Waals surface area contributed by atoms with Gasteiger partial charge in [-0.15, -0.1) is 0 Å². The predicted octanol–water partition coefficient (Wildman–Crippen LogP) is 0.358. The normalized spacial score (nSPS) is 9.60. The summed E-state index contributed by atoms with van der Waals surface area (Å²) in [5, 5.41) is 26.1. The van der Waals surface area contributed by atoms with Crippen molar-refractivity contribution in [2.45, 2.75) is 0 Å². The molecule has 0 aliphatic rings. The lowest BCUT2D eigenvalue weighted by Gasteiger charge is -2.01. The van der Waals surface area contributed by atoms with Crippen LogP contribution in [0.4, 0.5) is 0 Å². The van der Waals surface area contributed by atoms with Crippen molar-refractivity contribution in [3.8, 4) is 5.75 Å². The number of phenols is 1. The van der Waals surface area contributed by atoms with Crippen LogP contribution in [0.25, 0.3) is 0 Å². The molecule has 0 aliphatic heterocycles. The van der Waals surface area contributed by atoms with Crippen LogP contribution in [0.1, 0.15) is 20.7 Å². The lowest BCUT2D eigenvalue weighted by atomic mass is 10.1. The molecule has 0 amide bonds. The van der Waals surface area contributed by atoms with E-state index in [2.05, 4.69) is 0 Å². The number of aromatic carboxylic acids is 1. The first-order valence-corrected chi connectivity index (χ1v) is 3.77. The molecular weight excluding hydrogens is 204 g/mol. The van der Waals surface area contributed by atoms with Crippen molar-refractivity contribution in [3.05, 3.63) is 29.3 Å². The van der Waals surface area contributed by atoms with Crippen molar-refractivity contribution < 1.29 is 29.7 Å². The lowest BCUT2D eigenvalue weighted by molar-refractivity contribution is -0.131. The van der Waals surface area contributed by atoms with E-state index in [1.165, 1.54) is 0 Å². The number of carbonyl (C=O) groups excluding carboxylic acids is 1. The van der Waals surface area contributed by atoms with Gasteiger partial charge in [-0.2, -0.15) is 0 Å². The van der Waals surface area contributed by atoms with E-state index in [1.807, 2.05) is 0 Å². The Bertz CT molecular complexity index is 448. The van der Waals surface area contributed by atoms with Crippen molar-refractivity contribution in [1.82, 2.24) is 0 Å². The van der Waals surface area contributed by atoms with E-state index >= 15 is 0 Å². The number of benzene rings is 1. The molecule has 0 saturated heterocycles. The zero-order valence-corrected chi connectivity index (χ0v) is 7.30. The molecule has 0 aliphatic carbocycles. The van der Waals surface area contributed by atoms with Gasteiger partial charge in [0, 0.05) is 5.56 Å². The fourth-order valence-electron chi connectivity index (χ4n) is 0.972. The highest BCUT2D eigenvalue weighted by atomic mass is 16.4. The first-order valence-electron chi connectivity index (χ1n) is 3.77. The van der Waals surface area contributed by atoms with Crippen LogP contribution in [0.15, 0.2) is 18.2 Å². The van der Waals surface area contributed by atoms with Crippen LogP contribution in [0.5, 0.6) is 5.75 Å². The Hall–Kier alpha value is -2.37. The molecule has 0 heterocycles. The Balaban J connectivity index is 3.25. The van der Waals surface area contributed by atoms with Gasteiger partial charge >= 0.3 is 11.9 Å². The van der Waals surface area contributed by atoms with Crippen LogP contribution >= 0.6 is 0 Å². The summed E-state index contributed by atoms with van der Waals surface area (Å²) in [6.07, 6.45) is 0. The Kier molecular flexibility index (Phi) is 2.70. The number of aromatic hydroxyl groups is 1. The Morgan fingerprint density at radius 1 is 1.07 bits per heavy atom. The number of ketones is 1. The highest BCUT2D eigenvalue weighted by Crippen LogP contribution is 2.18. The minimum atomic E-state index is -1.68. The zero-order chi connectivity index (χ0) is 11.6. The van der Waals surface area contributed by atoms with E-state index in [-0.39, 0.29) is 5.56 Å². The maximum absolute atomic E-state index is 11.0. The maximum atomic E-state index is 11.0. The fourth-order valence-corrected chi connectivity index (χ4v) is 0.972. The Morgan fingerprint density at radius 3 is 2.13 bits per heavy atom. The van der Waals surface area contributed by atoms with Gasteiger partial charge < -0.3 is 15.3 Å². The molecule has 1 rings (SSSR count). The van der Waals surface area contributed by atoms with Crippen LogP contribution in [-0.2, 0) is 4.79 Å². The molecule has 6 heteroatoms. The molecule has 0 saturated carbocycles. The van der Waals surface area contributed by atoms with Gasteiger partial charge in [-0.25, -0.2) is 9.59 Å². The summed E-state index contributed by atoms with van der Waals surface area (Å²) >= 11 is 0. The molecule has 1 aromatic carbocycles. The van der Waals surface area contributed by atoms with Gasteiger partial charge in [-0.1, -0.05) is 0 Å². The van der Waals surface area contributed by atoms with E-state index in [9.17, 15) is 14.4 Å². The maximum Gasteiger partial charge on any atom is 0.377 e. The zero-order valence-electron chi connectivity index (χ0n) is 7.30. The summed E-state index contributed by atoms with van der Waals surface area (Å²) in [4.78, 5) is 31.8. The number of hydrogen-bond acceptors (Lipinski definition) is 4. The highest BCUT2D eigenvalue weighted by Gasteiger charge is 2.18. The SMILES string of the molecule is O=C(O)C(=O)c1ccc(O)c(C(=O)O)c1. The summed E-state index contributed by atoms with van der Waals surface area (Å²) in [5.74, 6) is -4.87. The number of rotatable bonds is 3. The number of carboxylic acids is 2.